The Labute approximate surface area is 123 Å². The van der Waals surface area contributed by atoms with Crippen molar-refractivity contribution in [2.75, 3.05) is 13.1 Å². The Bertz CT molecular complexity index is 654. The largest absolute Gasteiger partial charge is 0.313 e. The van der Waals surface area contributed by atoms with E-state index in [4.69, 9.17) is 0 Å². The molecule has 0 aromatic heterocycles. The molecular formula is C13H19N3O4S. The van der Waals surface area contributed by atoms with Crippen LogP contribution >= 0.6 is 0 Å². The average molecular weight is 313 g/mol. The normalized spacial score (nSPS) is 15.1. The molecular weight excluding hydrogens is 294 g/mol. The van der Waals surface area contributed by atoms with Crippen molar-refractivity contribution in [2.45, 2.75) is 37.6 Å². The summed E-state index contributed by atoms with van der Waals surface area (Å²) in [5, 5.41) is 14.2. The Morgan fingerprint density at radius 1 is 1.24 bits per heavy atom. The van der Waals surface area contributed by atoms with Crippen LogP contribution < -0.4 is 10.0 Å². The Morgan fingerprint density at radius 2 is 1.86 bits per heavy atom. The molecule has 1 aliphatic carbocycles. The minimum atomic E-state index is -3.88. The lowest BCUT2D eigenvalue weighted by Gasteiger charge is -2.10. The molecule has 2 N–H and O–H groups in total. The van der Waals surface area contributed by atoms with Gasteiger partial charge in [0, 0.05) is 25.2 Å². The van der Waals surface area contributed by atoms with E-state index in [2.05, 4.69) is 10.0 Å². The van der Waals surface area contributed by atoms with Crippen molar-refractivity contribution in [3.8, 4) is 0 Å². The lowest BCUT2D eigenvalue weighted by molar-refractivity contribution is -0.387. The van der Waals surface area contributed by atoms with E-state index in [0.717, 1.165) is 12.8 Å². The number of nitro groups is 1. The van der Waals surface area contributed by atoms with Crippen LogP contribution in [-0.4, -0.2) is 32.5 Å². The fourth-order valence-electron chi connectivity index (χ4n) is 1.96. The maximum Gasteiger partial charge on any atom is 0.289 e. The van der Waals surface area contributed by atoms with Crippen LogP contribution in [-0.2, 0) is 10.0 Å². The zero-order valence-corrected chi connectivity index (χ0v) is 12.9. The maximum absolute atomic E-state index is 12.2. The van der Waals surface area contributed by atoms with Crippen LogP contribution in [0.3, 0.4) is 0 Å². The molecule has 1 aromatic carbocycles. The van der Waals surface area contributed by atoms with Gasteiger partial charge in [0.1, 0.15) is 0 Å². The minimum absolute atomic E-state index is 0.211. The summed E-state index contributed by atoms with van der Waals surface area (Å²) in [7, 11) is -3.88. The van der Waals surface area contributed by atoms with Gasteiger partial charge in [0.25, 0.3) is 5.69 Å². The highest BCUT2D eigenvalue weighted by Crippen LogP contribution is 2.27. The molecule has 1 aromatic rings. The van der Waals surface area contributed by atoms with Crippen LogP contribution in [0.25, 0.3) is 0 Å². The molecule has 0 radical (unpaired) electrons. The van der Waals surface area contributed by atoms with Crippen molar-refractivity contribution < 1.29 is 13.3 Å². The van der Waals surface area contributed by atoms with Crippen molar-refractivity contribution in [1.29, 1.82) is 0 Å². The number of benzene rings is 1. The first-order valence-electron chi connectivity index (χ1n) is 6.80. The van der Waals surface area contributed by atoms with Crippen LogP contribution in [0.5, 0.6) is 0 Å². The first-order chi connectivity index (χ1) is 9.81. The third kappa shape index (κ3) is 3.99. The smallest absolute Gasteiger partial charge is 0.289 e. The number of rotatable bonds is 7. The lowest BCUT2D eigenvalue weighted by Crippen LogP contribution is -2.33. The summed E-state index contributed by atoms with van der Waals surface area (Å²) in [6, 6.07) is 3.14. The molecule has 1 aliphatic rings. The predicted octanol–water partition coefficient (Wildman–Crippen LogP) is 1.24. The van der Waals surface area contributed by atoms with Gasteiger partial charge < -0.3 is 5.32 Å². The summed E-state index contributed by atoms with van der Waals surface area (Å²) < 4.78 is 26.9. The molecule has 8 heteroatoms. The highest BCUT2D eigenvalue weighted by Gasteiger charge is 2.26. The third-order valence-corrected chi connectivity index (χ3v) is 4.98. The first-order valence-corrected chi connectivity index (χ1v) is 8.28. The van der Waals surface area contributed by atoms with Crippen LogP contribution in [0.2, 0.25) is 0 Å². The summed E-state index contributed by atoms with van der Waals surface area (Å²) in [5.74, 6) is 0. The monoisotopic (exact) mass is 313 g/mol. The van der Waals surface area contributed by atoms with Crippen LogP contribution in [0.15, 0.2) is 17.0 Å². The Balaban J connectivity index is 2.17. The molecule has 0 amide bonds. The van der Waals surface area contributed by atoms with Gasteiger partial charge in [-0.15, -0.1) is 0 Å². The molecule has 1 saturated carbocycles. The second kappa shape index (κ2) is 6.08. The van der Waals surface area contributed by atoms with Gasteiger partial charge in [0.15, 0.2) is 4.90 Å². The second-order valence-electron chi connectivity index (χ2n) is 5.29. The molecule has 116 valence electrons. The quantitative estimate of drug-likeness (QED) is 0.448. The van der Waals surface area contributed by atoms with E-state index in [0.29, 0.717) is 23.7 Å². The lowest BCUT2D eigenvalue weighted by atomic mass is 10.1. The van der Waals surface area contributed by atoms with Gasteiger partial charge in [0.2, 0.25) is 10.0 Å². The number of nitrogens with one attached hydrogen (secondary N) is 2. The van der Waals surface area contributed by atoms with E-state index in [-0.39, 0.29) is 17.1 Å². The number of hydrogen-bond acceptors (Lipinski definition) is 5. The molecule has 21 heavy (non-hydrogen) atoms. The molecule has 0 spiro atoms. The maximum atomic E-state index is 12.2. The summed E-state index contributed by atoms with van der Waals surface area (Å²) in [6.07, 6.45) is 2.24. The number of aryl methyl sites for hydroxylation is 2. The highest BCUT2D eigenvalue weighted by atomic mass is 32.2. The summed E-state index contributed by atoms with van der Waals surface area (Å²) in [4.78, 5) is 10.1. The summed E-state index contributed by atoms with van der Waals surface area (Å²) in [5.41, 5.74) is 1.01. The molecule has 0 bridgehead atoms. The molecule has 1 fully saturated rings. The number of nitro benzene ring substituents is 1. The molecule has 0 aliphatic heterocycles. The zero-order chi connectivity index (χ0) is 15.6. The molecule has 0 atom stereocenters. The van der Waals surface area contributed by atoms with E-state index >= 15 is 0 Å². The van der Waals surface area contributed by atoms with E-state index in [1.54, 1.807) is 13.8 Å². The van der Waals surface area contributed by atoms with Crippen molar-refractivity contribution in [2.24, 2.45) is 0 Å². The zero-order valence-electron chi connectivity index (χ0n) is 12.0. The van der Waals surface area contributed by atoms with Gasteiger partial charge in [-0.3, -0.25) is 10.1 Å². The molecule has 2 rings (SSSR count). The number of hydrogen-bond donors (Lipinski definition) is 2. The van der Waals surface area contributed by atoms with E-state index in [9.17, 15) is 18.5 Å². The Kier molecular flexibility index (Phi) is 4.60. The van der Waals surface area contributed by atoms with Gasteiger partial charge in [0.05, 0.1) is 4.92 Å². The van der Waals surface area contributed by atoms with Gasteiger partial charge in [-0.05, 0) is 43.9 Å². The highest BCUT2D eigenvalue weighted by molar-refractivity contribution is 7.89. The standard InChI is InChI=1S/C13H19N3O4S/c1-9-7-12(16(17)18)13(8-10(9)2)21(19,20)15-6-5-14-11-3-4-11/h7-8,11,14-15H,3-6H2,1-2H3. The molecule has 0 saturated heterocycles. The Morgan fingerprint density at radius 3 is 2.43 bits per heavy atom. The minimum Gasteiger partial charge on any atom is -0.313 e. The van der Waals surface area contributed by atoms with Crippen LogP contribution in [0.4, 0.5) is 5.69 Å². The number of sulfonamides is 1. The molecule has 0 heterocycles. The van der Waals surface area contributed by atoms with E-state index in [1.165, 1.54) is 12.1 Å². The summed E-state index contributed by atoms with van der Waals surface area (Å²) >= 11 is 0. The average Bonchev–Trinajstić information content (AvgIpc) is 3.21. The first kappa shape index (κ1) is 15.9. The van der Waals surface area contributed by atoms with Crippen LogP contribution in [0.1, 0.15) is 24.0 Å². The fraction of sp³-hybridized carbons (Fsp3) is 0.538. The van der Waals surface area contributed by atoms with Gasteiger partial charge in [-0.1, -0.05) is 0 Å². The van der Waals surface area contributed by atoms with Gasteiger partial charge in [-0.25, -0.2) is 13.1 Å². The van der Waals surface area contributed by atoms with Gasteiger partial charge >= 0.3 is 0 Å². The molecule has 0 unspecified atom stereocenters. The molecule has 7 nitrogen and oxygen atoms in total. The fourth-order valence-corrected chi connectivity index (χ4v) is 3.23. The SMILES string of the molecule is Cc1cc([N+](=O)[O-])c(S(=O)(=O)NCCNC2CC2)cc1C. The van der Waals surface area contributed by atoms with Crippen LogP contribution in [0, 0.1) is 24.0 Å². The van der Waals surface area contributed by atoms with E-state index in [1.807, 2.05) is 0 Å². The summed E-state index contributed by atoms with van der Waals surface area (Å²) in [6.45, 7) is 4.17. The van der Waals surface area contributed by atoms with Crippen molar-refractivity contribution in [3.63, 3.8) is 0 Å². The second-order valence-corrected chi connectivity index (χ2v) is 7.02. The number of nitrogens with zero attached hydrogens (tertiary/aromatic N) is 1. The third-order valence-electron chi connectivity index (χ3n) is 3.49. The Hall–Kier alpha value is -1.51. The van der Waals surface area contributed by atoms with Crippen molar-refractivity contribution in [1.82, 2.24) is 10.0 Å². The van der Waals surface area contributed by atoms with Gasteiger partial charge in [-0.2, -0.15) is 0 Å². The topological polar surface area (TPSA) is 101 Å². The predicted molar refractivity (Wildman–Crippen MR) is 78.8 cm³/mol. The van der Waals surface area contributed by atoms with Crippen molar-refractivity contribution >= 4 is 15.7 Å². The van der Waals surface area contributed by atoms with E-state index < -0.39 is 14.9 Å². The van der Waals surface area contributed by atoms with Crippen molar-refractivity contribution in [3.05, 3.63) is 33.4 Å².